The van der Waals surface area contributed by atoms with Crippen LogP contribution in [0.25, 0.3) is 0 Å². The Kier molecular flexibility index (Phi) is 4.75. The van der Waals surface area contributed by atoms with Crippen LogP contribution in [0.4, 0.5) is 0 Å². The molecule has 0 amide bonds. The van der Waals surface area contributed by atoms with Crippen molar-refractivity contribution in [3.63, 3.8) is 0 Å². The highest BCUT2D eigenvalue weighted by Gasteiger charge is 2.46. The van der Waals surface area contributed by atoms with Crippen LogP contribution in [0.15, 0.2) is 6.07 Å². The van der Waals surface area contributed by atoms with Gasteiger partial charge in [-0.2, -0.15) is 0 Å². The molecule has 3 atom stereocenters. The summed E-state index contributed by atoms with van der Waals surface area (Å²) in [5, 5.41) is 50.4. The molecule has 6 nitrogen and oxygen atoms in total. The predicted octanol–water partition coefficient (Wildman–Crippen LogP) is 2.93. The summed E-state index contributed by atoms with van der Waals surface area (Å²) in [4.78, 5) is 11.6. The van der Waals surface area contributed by atoms with Crippen LogP contribution in [0.3, 0.4) is 0 Å². The van der Waals surface area contributed by atoms with E-state index < -0.39 is 28.8 Å². The van der Waals surface area contributed by atoms with E-state index in [0.29, 0.717) is 19.3 Å². The van der Waals surface area contributed by atoms with Crippen LogP contribution >= 0.6 is 0 Å². The molecule has 3 unspecified atom stereocenters. The maximum Gasteiger partial charge on any atom is 0.336 e. The fraction of sp³-hybridized carbons (Fsp3) is 0.588. The number of hydrogen-bond acceptors (Lipinski definition) is 5. The highest BCUT2D eigenvalue weighted by Crippen LogP contribution is 2.53. The fourth-order valence-corrected chi connectivity index (χ4v) is 3.81. The lowest BCUT2D eigenvalue weighted by molar-refractivity contribution is -0.0750. The number of carbonyl (C=O) groups is 1. The number of hydrogen-bond donors (Lipinski definition) is 5. The summed E-state index contributed by atoms with van der Waals surface area (Å²) in [6.45, 7) is 3.94. The van der Waals surface area contributed by atoms with E-state index in [1.807, 2.05) is 13.8 Å². The molecule has 23 heavy (non-hydrogen) atoms. The van der Waals surface area contributed by atoms with Gasteiger partial charge in [0.15, 0.2) is 11.5 Å². The predicted molar refractivity (Wildman–Crippen MR) is 83.7 cm³/mol. The van der Waals surface area contributed by atoms with Crippen LogP contribution in [-0.2, 0) is 5.60 Å². The lowest BCUT2D eigenvalue weighted by atomic mass is 9.65. The maximum absolute atomic E-state index is 11.6. The summed E-state index contributed by atoms with van der Waals surface area (Å²) >= 11 is 0. The molecule has 0 heterocycles. The Balaban J connectivity index is 2.69. The molecule has 1 aliphatic rings. The van der Waals surface area contributed by atoms with Crippen LogP contribution in [0.5, 0.6) is 17.2 Å². The van der Waals surface area contributed by atoms with Crippen LogP contribution in [0.2, 0.25) is 0 Å². The Morgan fingerprint density at radius 2 is 1.91 bits per heavy atom. The smallest absolute Gasteiger partial charge is 0.336 e. The number of aliphatic hydroxyl groups is 1. The number of carboxylic acid groups (broad SMARTS) is 1. The first-order valence-corrected chi connectivity index (χ1v) is 7.96. The van der Waals surface area contributed by atoms with Crippen molar-refractivity contribution >= 4 is 5.97 Å². The van der Waals surface area contributed by atoms with Gasteiger partial charge in [0.05, 0.1) is 11.2 Å². The standard InChI is InChI=1S/C17H24O6/c1-3-4-10-6-5-9(2)8-17(10,23)13-11(16(21)22)7-12(18)14(19)15(13)20/h7,9-10,18-20,23H,3-6,8H2,1-2H3,(H,21,22). The van der Waals surface area contributed by atoms with E-state index in [1.165, 1.54) is 0 Å². The first-order chi connectivity index (χ1) is 10.7. The SMILES string of the molecule is CCCC1CCC(C)CC1(O)c1c(C(=O)O)cc(O)c(O)c1O. The zero-order valence-electron chi connectivity index (χ0n) is 13.4. The number of aromatic hydroxyl groups is 3. The van der Waals surface area contributed by atoms with E-state index >= 15 is 0 Å². The van der Waals surface area contributed by atoms with Crippen molar-refractivity contribution in [2.45, 2.75) is 51.6 Å². The minimum absolute atomic E-state index is 0.157. The molecular formula is C17H24O6. The van der Waals surface area contributed by atoms with E-state index in [1.54, 1.807) is 0 Å². The second-order valence-corrected chi connectivity index (χ2v) is 6.62. The van der Waals surface area contributed by atoms with Gasteiger partial charge in [0.2, 0.25) is 5.75 Å². The average Bonchev–Trinajstić information content (AvgIpc) is 2.47. The summed E-state index contributed by atoms with van der Waals surface area (Å²) in [6, 6.07) is 0.882. The zero-order chi connectivity index (χ0) is 17.4. The molecule has 2 rings (SSSR count). The van der Waals surface area contributed by atoms with Crippen molar-refractivity contribution in [2.24, 2.45) is 11.8 Å². The van der Waals surface area contributed by atoms with E-state index in [4.69, 9.17) is 0 Å². The number of phenols is 3. The number of rotatable bonds is 4. The molecule has 0 saturated heterocycles. The van der Waals surface area contributed by atoms with E-state index in [-0.39, 0.29) is 23.0 Å². The maximum atomic E-state index is 11.6. The van der Waals surface area contributed by atoms with Crippen molar-refractivity contribution in [1.82, 2.24) is 0 Å². The molecule has 5 N–H and O–H groups in total. The second kappa shape index (κ2) is 6.28. The minimum atomic E-state index is -1.54. The Hall–Kier alpha value is -1.95. The molecule has 128 valence electrons. The summed E-state index contributed by atoms with van der Waals surface area (Å²) in [5.74, 6) is -3.69. The molecular weight excluding hydrogens is 300 g/mol. The van der Waals surface area contributed by atoms with Crippen LogP contribution < -0.4 is 0 Å². The van der Waals surface area contributed by atoms with Crippen LogP contribution in [0, 0.1) is 11.8 Å². The molecule has 0 spiro atoms. The Bertz CT molecular complexity index is 612. The number of aromatic carboxylic acids is 1. The minimum Gasteiger partial charge on any atom is -0.504 e. The van der Waals surface area contributed by atoms with Gasteiger partial charge in [-0.05, 0) is 37.2 Å². The molecule has 6 heteroatoms. The monoisotopic (exact) mass is 324 g/mol. The van der Waals surface area contributed by atoms with Crippen molar-refractivity contribution in [3.8, 4) is 17.2 Å². The quantitative estimate of drug-likeness (QED) is 0.543. The first-order valence-electron chi connectivity index (χ1n) is 7.96. The number of phenolic OH excluding ortho intramolecular Hbond substituents is 3. The molecule has 1 saturated carbocycles. The highest BCUT2D eigenvalue weighted by atomic mass is 16.4. The molecule has 1 aliphatic carbocycles. The van der Waals surface area contributed by atoms with Gasteiger partial charge in [-0.15, -0.1) is 0 Å². The van der Waals surface area contributed by atoms with Gasteiger partial charge in [-0.3, -0.25) is 0 Å². The van der Waals surface area contributed by atoms with Gasteiger partial charge in [0, 0.05) is 5.56 Å². The van der Waals surface area contributed by atoms with Crippen molar-refractivity contribution in [1.29, 1.82) is 0 Å². The summed E-state index contributed by atoms with van der Waals surface area (Å²) in [7, 11) is 0. The Morgan fingerprint density at radius 1 is 1.26 bits per heavy atom. The number of benzene rings is 1. The lowest BCUT2D eigenvalue weighted by Crippen LogP contribution is -2.41. The van der Waals surface area contributed by atoms with Gasteiger partial charge in [-0.1, -0.05) is 26.7 Å². The summed E-state index contributed by atoms with van der Waals surface area (Å²) in [5.41, 5.74) is -2.11. The Morgan fingerprint density at radius 3 is 2.48 bits per heavy atom. The molecule has 1 aromatic carbocycles. The Labute approximate surface area is 135 Å². The van der Waals surface area contributed by atoms with E-state index in [9.17, 15) is 30.3 Å². The molecule has 0 radical (unpaired) electrons. The van der Waals surface area contributed by atoms with Crippen molar-refractivity contribution in [3.05, 3.63) is 17.2 Å². The van der Waals surface area contributed by atoms with Gasteiger partial charge in [-0.25, -0.2) is 4.79 Å². The summed E-state index contributed by atoms with van der Waals surface area (Å²) in [6.07, 6.45) is 3.43. The van der Waals surface area contributed by atoms with Gasteiger partial charge in [0.25, 0.3) is 0 Å². The van der Waals surface area contributed by atoms with Gasteiger partial charge < -0.3 is 25.5 Å². The fourth-order valence-electron chi connectivity index (χ4n) is 3.81. The lowest BCUT2D eigenvalue weighted by Gasteiger charge is -2.44. The van der Waals surface area contributed by atoms with Crippen molar-refractivity contribution in [2.75, 3.05) is 0 Å². The van der Waals surface area contributed by atoms with Gasteiger partial charge >= 0.3 is 5.97 Å². The van der Waals surface area contributed by atoms with Crippen molar-refractivity contribution < 1.29 is 30.3 Å². The topological polar surface area (TPSA) is 118 Å². The third-order valence-corrected chi connectivity index (χ3v) is 4.90. The van der Waals surface area contributed by atoms with E-state index in [2.05, 4.69) is 0 Å². The molecule has 1 fully saturated rings. The zero-order valence-corrected chi connectivity index (χ0v) is 13.4. The molecule has 0 aromatic heterocycles. The third-order valence-electron chi connectivity index (χ3n) is 4.90. The molecule has 0 bridgehead atoms. The second-order valence-electron chi connectivity index (χ2n) is 6.62. The third kappa shape index (κ3) is 2.95. The van der Waals surface area contributed by atoms with Crippen LogP contribution in [0.1, 0.15) is 61.9 Å². The normalized spacial score (nSPS) is 27.8. The molecule has 1 aromatic rings. The van der Waals surface area contributed by atoms with Crippen LogP contribution in [-0.4, -0.2) is 31.5 Å². The molecule has 0 aliphatic heterocycles. The first kappa shape index (κ1) is 17.4. The highest BCUT2D eigenvalue weighted by molar-refractivity contribution is 5.92. The number of carboxylic acids is 1. The average molecular weight is 324 g/mol. The largest absolute Gasteiger partial charge is 0.504 e. The van der Waals surface area contributed by atoms with Gasteiger partial charge in [0.1, 0.15) is 0 Å². The summed E-state index contributed by atoms with van der Waals surface area (Å²) < 4.78 is 0. The van der Waals surface area contributed by atoms with E-state index in [0.717, 1.165) is 18.9 Å².